The van der Waals surface area contributed by atoms with Crippen LogP contribution in [-0.2, 0) is 0 Å². The van der Waals surface area contributed by atoms with Gasteiger partial charge in [-0.1, -0.05) is 36.4 Å². The molecule has 7 heteroatoms. The van der Waals surface area contributed by atoms with Gasteiger partial charge in [0.1, 0.15) is 11.4 Å². The van der Waals surface area contributed by atoms with Crippen molar-refractivity contribution in [1.29, 1.82) is 0 Å². The summed E-state index contributed by atoms with van der Waals surface area (Å²) in [6.45, 7) is 0. The van der Waals surface area contributed by atoms with Crippen LogP contribution in [0.25, 0.3) is 23.1 Å². The number of aliphatic imine (C=N–C) groups is 1. The molecule has 0 aliphatic carbocycles. The number of carbonyl (C=O) groups is 1. The fraction of sp³-hybridized carbons (Fsp3) is 0.172. The van der Waals surface area contributed by atoms with Crippen molar-refractivity contribution in [1.82, 2.24) is 4.98 Å². The molecule has 0 atom stereocenters. The van der Waals surface area contributed by atoms with Gasteiger partial charge in [-0.3, -0.25) is 9.79 Å². The van der Waals surface area contributed by atoms with Gasteiger partial charge in [0.2, 0.25) is 5.75 Å². The van der Waals surface area contributed by atoms with Crippen molar-refractivity contribution in [3.05, 3.63) is 77.5 Å². The molecule has 0 saturated carbocycles. The molecule has 0 spiro atoms. The molecular weight excluding hydrogens is 456 g/mol. The molecule has 7 nitrogen and oxygen atoms in total. The van der Waals surface area contributed by atoms with Gasteiger partial charge in [0.15, 0.2) is 17.3 Å². The number of benzene rings is 3. The van der Waals surface area contributed by atoms with Gasteiger partial charge in [0.05, 0.1) is 28.4 Å². The van der Waals surface area contributed by atoms with Crippen molar-refractivity contribution in [3.63, 3.8) is 0 Å². The highest BCUT2D eigenvalue weighted by atomic mass is 16.5. The fourth-order valence-corrected chi connectivity index (χ4v) is 3.94. The maximum Gasteiger partial charge on any atom is 0.203 e. The number of ketones is 1. The maximum absolute atomic E-state index is 12.8. The number of H-pyrrole nitrogens is 1. The Morgan fingerprint density at radius 3 is 2.22 bits per heavy atom. The quantitative estimate of drug-likeness (QED) is 0.161. The topological polar surface area (TPSA) is 82.1 Å². The van der Waals surface area contributed by atoms with Crippen LogP contribution in [0.15, 0.2) is 65.8 Å². The number of para-hydroxylation sites is 1. The lowest BCUT2D eigenvalue weighted by molar-refractivity contribution is 0.100. The molecule has 1 aromatic heterocycles. The van der Waals surface area contributed by atoms with Crippen LogP contribution in [0.5, 0.6) is 23.0 Å². The Kier molecular flexibility index (Phi) is 7.70. The third-order valence-electron chi connectivity index (χ3n) is 5.75. The summed E-state index contributed by atoms with van der Waals surface area (Å²) in [4.78, 5) is 20.4. The van der Waals surface area contributed by atoms with Crippen LogP contribution in [0.2, 0.25) is 0 Å². The zero-order valence-corrected chi connectivity index (χ0v) is 20.7. The van der Waals surface area contributed by atoms with E-state index >= 15 is 0 Å². The van der Waals surface area contributed by atoms with Gasteiger partial charge in [-0.2, -0.15) is 0 Å². The van der Waals surface area contributed by atoms with E-state index in [0.717, 1.165) is 22.0 Å². The summed E-state index contributed by atoms with van der Waals surface area (Å²) in [6.07, 6.45) is 7.44. The van der Waals surface area contributed by atoms with Crippen LogP contribution < -0.4 is 18.9 Å². The second-order valence-corrected chi connectivity index (χ2v) is 7.91. The molecule has 0 fully saturated rings. The first-order valence-electron chi connectivity index (χ1n) is 11.4. The highest BCUT2D eigenvalue weighted by Gasteiger charge is 2.13. The van der Waals surface area contributed by atoms with Gasteiger partial charge in [-0.15, -0.1) is 0 Å². The van der Waals surface area contributed by atoms with E-state index in [1.807, 2.05) is 66.7 Å². The molecule has 0 bridgehead atoms. The second kappa shape index (κ2) is 11.3. The number of rotatable bonds is 10. The monoisotopic (exact) mass is 484 g/mol. The average Bonchev–Trinajstić information content (AvgIpc) is 3.35. The maximum atomic E-state index is 12.8. The second-order valence-electron chi connectivity index (χ2n) is 7.91. The van der Waals surface area contributed by atoms with E-state index in [4.69, 9.17) is 18.9 Å². The molecule has 4 aromatic rings. The summed E-state index contributed by atoms with van der Waals surface area (Å²) in [6, 6.07) is 17.2. The number of Topliss-reactive ketones (excluding diaryl/α,β-unsaturated/α-hetero) is 1. The van der Waals surface area contributed by atoms with E-state index in [1.165, 1.54) is 0 Å². The molecule has 0 unspecified atom stereocenters. The van der Waals surface area contributed by atoms with E-state index in [9.17, 15) is 4.79 Å². The van der Waals surface area contributed by atoms with Crippen LogP contribution in [0.4, 0.5) is 5.69 Å². The van der Waals surface area contributed by atoms with E-state index < -0.39 is 0 Å². The number of nitrogens with one attached hydrogen (secondary N) is 1. The van der Waals surface area contributed by atoms with Crippen LogP contribution in [0.3, 0.4) is 0 Å². The van der Waals surface area contributed by atoms with Gasteiger partial charge < -0.3 is 23.9 Å². The molecule has 36 heavy (non-hydrogen) atoms. The van der Waals surface area contributed by atoms with Crippen molar-refractivity contribution < 1.29 is 23.7 Å². The fourth-order valence-electron chi connectivity index (χ4n) is 3.94. The third-order valence-corrected chi connectivity index (χ3v) is 5.75. The number of aromatic amines is 1. The molecule has 0 aliphatic rings. The summed E-state index contributed by atoms with van der Waals surface area (Å²) in [7, 11) is 6.34. The standard InChI is InChI=1S/C29H28N2O5/c1-33-26-12-11-19(9-10-20-16-27(34-2)29(36-4)28(17-20)35-3)15-24(26)30-14-13-25(32)22-18-31-23-8-6-5-7-21(22)23/h5-12,14-18,31H,13H2,1-4H3/b10-9-,30-14?. The molecule has 3 aromatic carbocycles. The first-order chi connectivity index (χ1) is 17.6. The molecule has 0 radical (unpaired) electrons. The van der Waals surface area contributed by atoms with Crippen molar-refractivity contribution in [2.75, 3.05) is 28.4 Å². The first-order valence-corrected chi connectivity index (χ1v) is 11.4. The molecule has 4 rings (SSSR count). The summed E-state index contributed by atoms with van der Waals surface area (Å²) < 4.78 is 21.7. The van der Waals surface area contributed by atoms with Crippen molar-refractivity contribution >= 4 is 40.7 Å². The number of fused-ring (bicyclic) bond motifs is 1. The molecular formula is C29H28N2O5. The zero-order valence-electron chi connectivity index (χ0n) is 20.7. The van der Waals surface area contributed by atoms with E-state index in [2.05, 4.69) is 9.98 Å². The largest absolute Gasteiger partial charge is 0.494 e. The number of hydrogen-bond donors (Lipinski definition) is 1. The lowest BCUT2D eigenvalue weighted by Crippen LogP contribution is -1.98. The summed E-state index contributed by atoms with van der Waals surface area (Å²) >= 11 is 0. The summed E-state index contributed by atoms with van der Waals surface area (Å²) in [5.41, 5.74) is 4.03. The van der Waals surface area contributed by atoms with E-state index in [0.29, 0.717) is 34.2 Å². The molecule has 1 heterocycles. The number of ether oxygens (including phenoxy) is 4. The van der Waals surface area contributed by atoms with Crippen LogP contribution in [-0.4, -0.2) is 45.4 Å². The van der Waals surface area contributed by atoms with Gasteiger partial charge in [-0.05, 0) is 41.5 Å². The minimum Gasteiger partial charge on any atom is -0.494 e. The Hall–Kier alpha value is -4.52. The van der Waals surface area contributed by atoms with Crippen LogP contribution in [0, 0.1) is 0 Å². The van der Waals surface area contributed by atoms with Gasteiger partial charge in [0.25, 0.3) is 0 Å². The normalized spacial score (nSPS) is 11.3. The highest BCUT2D eigenvalue weighted by Crippen LogP contribution is 2.38. The van der Waals surface area contributed by atoms with Crippen molar-refractivity contribution in [3.8, 4) is 23.0 Å². The van der Waals surface area contributed by atoms with E-state index in [1.54, 1.807) is 40.9 Å². The Bertz CT molecular complexity index is 1410. The molecule has 1 N–H and O–H groups in total. The van der Waals surface area contributed by atoms with Crippen LogP contribution in [0.1, 0.15) is 27.9 Å². The molecule has 184 valence electrons. The lowest BCUT2D eigenvalue weighted by atomic mass is 10.1. The Labute approximate surface area is 210 Å². The number of methoxy groups -OCH3 is 4. The first kappa shape index (κ1) is 24.6. The van der Waals surface area contributed by atoms with E-state index in [-0.39, 0.29) is 12.2 Å². The van der Waals surface area contributed by atoms with Gasteiger partial charge in [-0.25, -0.2) is 0 Å². The number of aromatic nitrogens is 1. The predicted molar refractivity (Wildman–Crippen MR) is 143 cm³/mol. The highest BCUT2D eigenvalue weighted by molar-refractivity contribution is 6.12. The smallest absolute Gasteiger partial charge is 0.203 e. The average molecular weight is 485 g/mol. The molecule has 0 amide bonds. The molecule has 0 aliphatic heterocycles. The third kappa shape index (κ3) is 5.25. The SMILES string of the molecule is COc1ccc(/C=C\c2cc(OC)c(OC)c(OC)c2)cc1N=CCC(=O)c1c[nH]c2ccccc12. The minimum atomic E-state index is -0.00591. The lowest BCUT2D eigenvalue weighted by Gasteiger charge is -2.12. The van der Waals surface area contributed by atoms with Crippen molar-refractivity contribution in [2.24, 2.45) is 4.99 Å². The zero-order chi connectivity index (χ0) is 25.5. The van der Waals surface area contributed by atoms with Gasteiger partial charge >= 0.3 is 0 Å². The molecule has 0 saturated heterocycles. The Morgan fingerprint density at radius 2 is 1.53 bits per heavy atom. The number of carbonyl (C=O) groups excluding carboxylic acids is 1. The minimum absolute atomic E-state index is 0.00591. The summed E-state index contributed by atoms with van der Waals surface area (Å²) in [5.74, 6) is 2.32. The predicted octanol–water partition coefficient (Wildman–Crippen LogP) is 6.35. The van der Waals surface area contributed by atoms with Gasteiger partial charge in [0, 0.05) is 35.3 Å². The Balaban J connectivity index is 1.53. The Morgan fingerprint density at radius 1 is 0.833 bits per heavy atom. The number of hydrogen-bond acceptors (Lipinski definition) is 6. The summed E-state index contributed by atoms with van der Waals surface area (Å²) in [5, 5.41) is 0.910. The van der Waals surface area contributed by atoms with Crippen LogP contribution >= 0.6 is 0 Å². The van der Waals surface area contributed by atoms with Crippen molar-refractivity contribution in [2.45, 2.75) is 6.42 Å². The number of nitrogens with zero attached hydrogens (tertiary/aromatic N) is 1.